The molecule has 0 saturated carbocycles. The molecule has 0 aromatic heterocycles. The summed E-state index contributed by atoms with van der Waals surface area (Å²) in [5.41, 5.74) is 0.878. The van der Waals surface area contributed by atoms with E-state index in [-0.39, 0.29) is 6.54 Å². The Morgan fingerprint density at radius 2 is 2.06 bits per heavy atom. The predicted molar refractivity (Wildman–Crippen MR) is 63.9 cm³/mol. The average molecular weight is 243 g/mol. The van der Waals surface area contributed by atoms with Crippen molar-refractivity contribution < 1.29 is 13.2 Å². The van der Waals surface area contributed by atoms with E-state index < -0.39 is 15.3 Å². The predicted octanol–water partition coefficient (Wildman–Crippen LogP) is 1.52. The highest BCUT2D eigenvalue weighted by Crippen LogP contribution is 2.12. The Kier molecular flexibility index (Phi) is 4.32. The summed E-state index contributed by atoms with van der Waals surface area (Å²) in [5.74, 6) is 0.723. The molecule has 0 spiro atoms. The molecule has 5 heteroatoms. The molecule has 0 bridgehead atoms. The van der Waals surface area contributed by atoms with E-state index >= 15 is 0 Å². The summed E-state index contributed by atoms with van der Waals surface area (Å²) in [6, 6.07) is 7.31. The summed E-state index contributed by atoms with van der Waals surface area (Å²) in [7, 11) is -1.63. The Bertz CT molecular complexity index is 440. The van der Waals surface area contributed by atoms with Gasteiger partial charge in [-0.05, 0) is 31.5 Å². The molecule has 1 aromatic carbocycles. The van der Waals surface area contributed by atoms with Crippen LogP contribution in [0.15, 0.2) is 24.3 Å². The summed E-state index contributed by atoms with van der Waals surface area (Å²) in [6.07, 6.45) is 0. The first-order valence-corrected chi connectivity index (χ1v) is 6.62. The van der Waals surface area contributed by atoms with Gasteiger partial charge in [-0.25, -0.2) is 13.1 Å². The second kappa shape index (κ2) is 5.32. The molecule has 16 heavy (non-hydrogen) atoms. The summed E-state index contributed by atoms with van der Waals surface area (Å²) in [6.45, 7) is 3.58. The largest absolute Gasteiger partial charge is 0.497 e. The van der Waals surface area contributed by atoms with Crippen LogP contribution in [0.2, 0.25) is 0 Å². The number of sulfonamides is 1. The summed E-state index contributed by atoms with van der Waals surface area (Å²) >= 11 is 0. The van der Waals surface area contributed by atoms with Gasteiger partial charge in [0.2, 0.25) is 10.0 Å². The van der Waals surface area contributed by atoms with Gasteiger partial charge in [0.25, 0.3) is 0 Å². The minimum atomic E-state index is -3.21. The molecule has 0 amide bonds. The number of methoxy groups -OCH3 is 1. The molecule has 1 rings (SSSR count). The molecule has 0 radical (unpaired) electrons. The topological polar surface area (TPSA) is 55.4 Å². The van der Waals surface area contributed by atoms with Crippen molar-refractivity contribution in [3.8, 4) is 5.75 Å². The minimum absolute atomic E-state index is 0.289. The molecular formula is C11H17NO3S. The lowest BCUT2D eigenvalue weighted by Crippen LogP contribution is -2.30. The standard InChI is InChI=1S/C11H17NO3S/c1-9(2)16(13,14)12-8-10-5-4-6-11(7-10)15-3/h4-7,9,12H,8H2,1-3H3. The number of benzene rings is 1. The second-order valence-corrected chi connectivity index (χ2v) is 6.09. The van der Waals surface area contributed by atoms with Gasteiger partial charge in [0.05, 0.1) is 12.4 Å². The van der Waals surface area contributed by atoms with Crippen LogP contribution < -0.4 is 9.46 Å². The number of rotatable bonds is 5. The van der Waals surface area contributed by atoms with Gasteiger partial charge in [0, 0.05) is 6.54 Å². The van der Waals surface area contributed by atoms with E-state index in [1.165, 1.54) is 0 Å². The molecule has 1 N–H and O–H groups in total. The van der Waals surface area contributed by atoms with Gasteiger partial charge >= 0.3 is 0 Å². The van der Waals surface area contributed by atoms with Crippen LogP contribution in [-0.2, 0) is 16.6 Å². The smallest absolute Gasteiger partial charge is 0.214 e. The van der Waals surface area contributed by atoms with Crippen molar-refractivity contribution in [2.75, 3.05) is 7.11 Å². The van der Waals surface area contributed by atoms with Gasteiger partial charge in [0.1, 0.15) is 5.75 Å². The lowest BCUT2D eigenvalue weighted by atomic mass is 10.2. The van der Waals surface area contributed by atoms with Gasteiger partial charge in [-0.3, -0.25) is 0 Å². The lowest BCUT2D eigenvalue weighted by molar-refractivity contribution is 0.414. The maximum atomic E-state index is 11.5. The first kappa shape index (κ1) is 13.0. The zero-order valence-corrected chi connectivity index (χ0v) is 10.5. The van der Waals surface area contributed by atoms with Crippen LogP contribution in [0.5, 0.6) is 5.75 Å². The first-order valence-electron chi connectivity index (χ1n) is 5.07. The maximum absolute atomic E-state index is 11.5. The Hall–Kier alpha value is -1.07. The molecule has 0 aliphatic heterocycles. The van der Waals surface area contributed by atoms with E-state index in [0.29, 0.717) is 0 Å². The first-order chi connectivity index (χ1) is 7.45. The van der Waals surface area contributed by atoms with E-state index in [2.05, 4.69) is 4.72 Å². The monoisotopic (exact) mass is 243 g/mol. The fourth-order valence-corrected chi connectivity index (χ4v) is 1.83. The van der Waals surface area contributed by atoms with Gasteiger partial charge < -0.3 is 4.74 Å². The van der Waals surface area contributed by atoms with Gasteiger partial charge in [-0.15, -0.1) is 0 Å². The number of ether oxygens (including phenoxy) is 1. The Morgan fingerprint density at radius 3 is 2.62 bits per heavy atom. The van der Waals surface area contributed by atoms with Crippen molar-refractivity contribution in [2.45, 2.75) is 25.6 Å². The molecule has 0 aliphatic rings. The zero-order valence-electron chi connectivity index (χ0n) is 9.73. The van der Waals surface area contributed by atoms with Gasteiger partial charge in [-0.2, -0.15) is 0 Å². The minimum Gasteiger partial charge on any atom is -0.497 e. The van der Waals surface area contributed by atoms with Crippen molar-refractivity contribution in [3.05, 3.63) is 29.8 Å². The fraction of sp³-hybridized carbons (Fsp3) is 0.455. The average Bonchev–Trinajstić information content (AvgIpc) is 2.26. The molecule has 4 nitrogen and oxygen atoms in total. The third-order valence-corrected chi connectivity index (χ3v) is 4.02. The van der Waals surface area contributed by atoms with E-state index in [4.69, 9.17) is 4.74 Å². The highest BCUT2D eigenvalue weighted by Gasteiger charge is 2.14. The van der Waals surface area contributed by atoms with Crippen LogP contribution >= 0.6 is 0 Å². The van der Waals surface area contributed by atoms with Crippen molar-refractivity contribution in [3.63, 3.8) is 0 Å². The SMILES string of the molecule is COc1cccc(CNS(=O)(=O)C(C)C)c1. The summed E-state index contributed by atoms with van der Waals surface area (Å²) in [4.78, 5) is 0. The summed E-state index contributed by atoms with van der Waals surface area (Å²) < 4.78 is 30.6. The normalized spacial score (nSPS) is 11.8. The van der Waals surface area contributed by atoms with E-state index in [1.54, 1.807) is 21.0 Å². The molecule has 1 aromatic rings. The highest BCUT2D eigenvalue weighted by molar-refractivity contribution is 7.90. The van der Waals surface area contributed by atoms with Crippen molar-refractivity contribution in [2.24, 2.45) is 0 Å². The van der Waals surface area contributed by atoms with Crippen LogP contribution in [0.25, 0.3) is 0 Å². The zero-order chi connectivity index (χ0) is 12.2. The number of hydrogen-bond acceptors (Lipinski definition) is 3. The Labute approximate surface area is 96.7 Å². The molecule has 0 aliphatic carbocycles. The van der Waals surface area contributed by atoms with Crippen LogP contribution in [0.1, 0.15) is 19.4 Å². The number of nitrogens with one attached hydrogen (secondary N) is 1. The fourth-order valence-electron chi connectivity index (χ4n) is 1.13. The number of hydrogen-bond donors (Lipinski definition) is 1. The van der Waals surface area contributed by atoms with Gasteiger partial charge in [0.15, 0.2) is 0 Å². The van der Waals surface area contributed by atoms with Crippen LogP contribution in [0, 0.1) is 0 Å². The van der Waals surface area contributed by atoms with Crippen molar-refractivity contribution in [1.82, 2.24) is 4.72 Å². The van der Waals surface area contributed by atoms with Crippen molar-refractivity contribution >= 4 is 10.0 Å². The molecule has 0 atom stereocenters. The van der Waals surface area contributed by atoms with Crippen LogP contribution in [-0.4, -0.2) is 20.8 Å². The Morgan fingerprint density at radius 1 is 1.38 bits per heavy atom. The molecule has 0 heterocycles. The highest BCUT2D eigenvalue weighted by atomic mass is 32.2. The van der Waals surface area contributed by atoms with E-state index in [0.717, 1.165) is 11.3 Å². The van der Waals surface area contributed by atoms with Crippen LogP contribution in [0.3, 0.4) is 0 Å². The summed E-state index contributed by atoms with van der Waals surface area (Å²) in [5, 5.41) is -0.418. The molecule has 0 fully saturated rings. The second-order valence-electron chi connectivity index (χ2n) is 3.77. The van der Waals surface area contributed by atoms with Crippen molar-refractivity contribution in [1.29, 1.82) is 0 Å². The maximum Gasteiger partial charge on any atom is 0.214 e. The molecule has 0 saturated heterocycles. The third-order valence-electron chi connectivity index (χ3n) is 2.23. The Balaban J connectivity index is 2.68. The van der Waals surface area contributed by atoms with Crippen LogP contribution in [0.4, 0.5) is 0 Å². The van der Waals surface area contributed by atoms with E-state index in [1.807, 2.05) is 24.3 Å². The van der Waals surface area contributed by atoms with Gasteiger partial charge in [-0.1, -0.05) is 12.1 Å². The third kappa shape index (κ3) is 3.50. The molecule has 0 unspecified atom stereocenters. The molecule has 90 valence electrons. The van der Waals surface area contributed by atoms with E-state index in [9.17, 15) is 8.42 Å². The molecular weight excluding hydrogens is 226 g/mol. The quantitative estimate of drug-likeness (QED) is 0.853. The lowest BCUT2D eigenvalue weighted by Gasteiger charge is -2.10.